The van der Waals surface area contributed by atoms with E-state index in [1.165, 1.54) is 0 Å². The molecule has 9 heteroatoms. The molecule has 0 fully saturated rings. The van der Waals surface area contributed by atoms with E-state index in [2.05, 4.69) is 81.9 Å². The molecule has 0 aliphatic carbocycles. The molecule has 0 aliphatic heterocycles. The Morgan fingerprint density at radius 2 is 0.879 bits per heavy atom. The Balaban J connectivity index is 0.000000227. The van der Waals surface area contributed by atoms with E-state index in [1.807, 2.05) is 26.0 Å². The normalized spacial score (nSPS) is 11.4. The molecule has 0 spiro atoms. The maximum absolute atomic E-state index is 4.23. The van der Waals surface area contributed by atoms with E-state index in [9.17, 15) is 0 Å². The fourth-order valence-electron chi connectivity index (χ4n) is 2.59. The molecule has 33 heavy (non-hydrogen) atoms. The van der Waals surface area contributed by atoms with Gasteiger partial charge in [-0.05, 0) is 25.0 Å². The number of aryl methyl sites for hydroxylation is 2. The van der Waals surface area contributed by atoms with E-state index in [4.69, 9.17) is 0 Å². The molecule has 4 heterocycles. The van der Waals surface area contributed by atoms with Crippen molar-refractivity contribution in [2.45, 2.75) is 66.2 Å². The first-order valence-electron chi connectivity index (χ1n) is 10.5. The average Bonchev–Trinajstić information content (AvgIpc) is 3.39. The van der Waals surface area contributed by atoms with Gasteiger partial charge in [-0.3, -0.25) is 0 Å². The fraction of sp³-hybridized carbons (Fsp3) is 0.417. The second-order valence-corrected chi connectivity index (χ2v) is 9.90. The van der Waals surface area contributed by atoms with Crippen LogP contribution >= 0.6 is 0 Å². The zero-order chi connectivity index (χ0) is 23.5. The van der Waals surface area contributed by atoms with Crippen LogP contribution in [-0.4, -0.2) is 30.1 Å². The number of rotatable bonds is 2. The van der Waals surface area contributed by atoms with Crippen LogP contribution in [0.25, 0.3) is 23.0 Å². The quantitative estimate of drug-likeness (QED) is 0.327. The van der Waals surface area contributed by atoms with Gasteiger partial charge in [0, 0.05) is 47.0 Å². The topological polar surface area (TPSA) is 106 Å². The number of hydrogen-bond acceptors (Lipinski definition) is 6. The van der Waals surface area contributed by atoms with Gasteiger partial charge in [-0.2, -0.15) is 0 Å². The van der Waals surface area contributed by atoms with Gasteiger partial charge >= 0.3 is 21.1 Å². The molecular weight excluding hydrogens is 595 g/mol. The van der Waals surface area contributed by atoms with Crippen molar-refractivity contribution in [3.8, 4) is 23.0 Å². The molecule has 0 bridgehead atoms. The minimum atomic E-state index is 0. The smallest absolute Gasteiger partial charge is 0.572 e. The molecule has 4 rings (SSSR count). The predicted octanol–water partition coefficient (Wildman–Crippen LogP) is 4.20. The van der Waals surface area contributed by atoms with Crippen LogP contribution in [0.3, 0.4) is 0 Å². The summed E-state index contributed by atoms with van der Waals surface area (Å²) in [7, 11) is 0. The third-order valence-corrected chi connectivity index (χ3v) is 4.63. The predicted molar refractivity (Wildman–Crippen MR) is 124 cm³/mol. The van der Waals surface area contributed by atoms with Crippen molar-refractivity contribution >= 4 is 0 Å². The van der Waals surface area contributed by atoms with Crippen LogP contribution in [-0.2, 0) is 31.9 Å². The Hall–Kier alpha value is -2.73. The van der Waals surface area contributed by atoms with Gasteiger partial charge in [0.2, 0.25) is 0 Å². The zero-order valence-electron chi connectivity index (χ0n) is 20.4. The molecule has 8 nitrogen and oxygen atoms in total. The van der Waals surface area contributed by atoms with Gasteiger partial charge in [0.15, 0.2) is 0 Å². The van der Waals surface area contributed by atoms with Gasteiger partial charge in [-0.1, -0.05) is 65.1 Å². The molecule has 0 unspecified atom stereocenters. The Kier molecular flexibility index (Phi) is 8.41. The Labute approximate surface area is 209 Å². The average molecular weight is 626 g/mol. The van der Waals surface area contributed by atoms with Crippen LogP contribution in [0, 0.1) is 13.8 Å². The van der Waals surface area contributed by atoms with E-state index < -0.39 is 0 Å². The summed E-state index contributed by atoms with van der Waals surface area (Å²) in [6, 6.07) is 3.90. The van der Waals surface area contributed by atoms with Crippen molar-refractivity contribution < 1.29 is 21.1 Å². The van der Waals surface area contributed by atoms with Gasteiger partial charge < -0.3 is 20.4 Å². The first-order valence-corrected chi connectivity index (χ1v) is 10.5. The van der Waals surface area contributed by atoms with Crippen molar-refractivity contribution in [1.29, 1.82) is 0 Å². The number of nitrogens with zero attached hydrogens (tertiary/aromatic N) is 8. The molecule has 0 atom stereocenters. The van der Waals surface area contributed by atoms with E-state index in [1.54, 1.807) is 24.8 Å². The fourth-order valence-corrected chi connectivity index (χ4v) is 2.59. The van der Waals surface area contributed by atoms with Crippen molar-refractivity contribution in [3.63, 3.8) is 0 Å². The maximum atomic E-state index is 4.23. The second-order valence-electron chi connectivity index (χ2n) is 9.90. The summed E-state index contributed by atoms with van der Waals surface area (Å²) in [5.41, 5.74) is 5.51. The van der Waals surface area contributed by atoms with Crippen molar-refractivity contribution in [2.24, 2.45) is 0 Å². The third-order valence-electron chi connectivity index (χ3n) is 4.63. The van der Waals surface area contributed by atoms with Crippen LogP contribution in [0.1, 0.15) is 64.1 Å². The molecule has 0 aromatic carbocycles. The largest absolute Gasteiger partial charge is 2.00 e. The Bertz CT molecular complexity index is 1050. The molecule has 4 aromatic rings. The molecule has 0 saturated carbocycles. The van der Waals surface area contributed by atoms with Crippen LogP contribution in [0.5, 0.6) is 0 Å². The standard InChI is InChI=1S/2C12H15N4.Pt/c2*1-8-6-13-11(14-7-8)9-5-10(16-15-9)12(2,3)4;/h2*5-7H,1-4H3;/q2*-1;+2. The molecular formula is C24H30N8Pt. The molecule has 4 aromatic heterocycles. The molecule has 176 valence electrons. The van der Waals surface area contributed by atoms with Gasteiger partial charge in [0.25, 0.3) is 0 Å². The Morgan fingerprint density at radius 1 is 0.576 bits per heavy atom. The summed E-state index contributed by atoms with van der Waals surface area (Å²) in [5, 5.41) is 16.5. The van der Waals surface area contributed by atoms with Gasteiger partial charge in [0.05, 0.1) is 0 Å². The molecule has 0 saturated heterocycles. The van der Waals surface area contributed by atoms with Crippen LogP contribution in [0.4, 0.5) is 0 Å². The third kappa shape index (κ3) is 7.12. The van der Waals surface area contributed by atoms with Crippen molar-refractivity contribution in [3.05, 3.63) is 59.4 Å². The molecule has 0 amide bonds. The summed E-state index contributed by atoms with van der Waals surface area (Å²) in [6.07, 6.45) is 7.14. The van der Waals surface area contributed by atoms with Crippen molar-refractivity contribution in [2.75, 3.05) is 0 Å². The van der Waals surface area contributed by atoms with Crippen LogP contribution in [0.2, 0.25) is 0 Å². The minimum Gasteiger partial charge on any atom is -0.572 e. The summed E-state index contributed by atoms with van der Waals surface area (Å²) < 4.78 is 0. The number of aromatic nitrogens is 8. The van der Waals surface area contributed by atoms with Gasteiger partial charge in [-0.15, -0.1) is 0 Å². The van der Waals surface area contributed by atoms with Gasteiger partial charge in [-0.25, -0.2) is 19.9 Å². The maximum Gasteiger partial charge on any atom is 2.00 e. The van der Waals surface area contributed by atoms with E-state index in [-0.39, 0.29) is 31.9 Å². The molecule has 0 aliphatic rings. The summed E-state index contributed by atoms with van der Waals surface area (Å²) in [6.45, 7) is 16.6. The summed E-state index contributed by atoms with van der Waals surface area (Å²) in [4.78, 5) is 16.9. The monoisotopic (exact) mass is 625 g/mol. The van der Waals surface area contributed by atoms with Crippen LogP contribution in [0.15, 0.2) is 36.9 Å². The second kappa shape index (κ2) is 10.5. The first kappa shape index (κ1) is 26.5. The van der Waals surface area contributed by atoms with E-state index >= 15 is 0 Å². The van der Waals surface area contributed by atoms with E-state index in [0.29, 0.717) is 11.6 Å². The minimum absolute atomic E-state index is 0. The summed E-state index contributed by atoms with van der Waals surface area (Å²) >= 11 is 0. The molecule has 0 N–H and O–H groups in total. The van der Waals surface area contributed by atoms with Crippen LogP contribution < -0.4 is 10.2 Å². The SMILES string of the molecule is Cc1cnc(-c2cc(C(C)(C)C)n[n-]2)nc1.Cc1cnc(-c2cc(C(C)(C)C)n[n-]2)nc1.[Pt+2]. The molecule has 0 radical (unpaired) electrons. The van der Waals surface area contributed by atoms with Crippen molar-refractivity contribution in [1.82, 2.24) is 40.3 Å². The summed E-state index contributed by atoms with van der Waals surface area (Å²) in [5.74, 6) is 1.27. The van der Waals surface area contributed by atoms with E-state index in [0.717, 1.165) is 33.9 Å². The zero-order valence-corrected chi connectivity index (χ0v) is 22.6. The first-order chi connectivity index (χ1) is 14.9. The number of hydrogen-bond donors (Lipinski definition) is 0. The van der Waals surface area contributed by atoms with Gasteiger partial charge in [0.1, 0.15) is 11.6 Å². The Morgan fingerprint density at radius 3 is 1.12 bits per heavy atom.